The molecule has 2 rings (SSSR count). The number of unbranched alkanes of at least 4 members (excludes halogenated alkanes) is 3. The number of carbonyl (C=O) groups is 1. The Morgan fingerprint density at radius 3 is 2.81 bits per heavy atom. The molecule has 1 heterocycles. The predicted octanol–water partition coefficient (Wildman–Crippen LogP) is 4.06. The fourth-order valence-corrected chi connectivity index (χ4v) is 2.38. The molecule has 114 valence electrons. The number of aryl methyl sites for hydroxylation is 1. The predicted molar refractivity (Wildman–Crippen MR) is 84.0 cm³/mol. The van der Waals surface area contributed by atoms with E-state index in [1.165, 1.54) is 12.8 Å². The Morgan fingerprint density at radius 2 is 2.10 bits per heavy atom. The molecule has 0 aliphatic rings. The third kappa shape index (κ3) is 3.57. The van der Waals surface area contributed by atoms with Gasteiger partial charge >= 0.3 is 0 Å². The van der Waals surface area contributed by atoms with E-state index in [1.807, 2.05) is 25.1 Å². The Kier molecular flexibility index (Phi) is 5.26. The maximum atomic E-state index is 12.2. The van der Waals surface area contributed by atoms with Crippen molar-refractivity contribution in [2.45, 2.75) is 39.5 Å². The summed E-state index contributed by atoms with van der Waals surface area (Å²) in [6.07, 6.45) is 4.55. The average Bonchev–Trinajstić information content (AvgIpc) is 2.83. The number of furan rings is 1. The third-order valence-electron chi connectivity index (χ3n) is 3.67. The fraction of sp³-hybridized carbons (Fsp3) is 0.471. The SMILES string of the molecule is CCCCCCNC(=O)c1oc2ccc(OC)cc2c1C. The lowest BCUT2D eigenvalue weighted by molar-refractivity contribution is 0.0926. The molecule has 0 atom stereocenters. The summed E-state index contributed by atoms with van der Waals surface area (Å²) in [5.74, 6) is 1.02. The van der Waals surface area contributed by atoms with Gasteiger partial charge in [0.1, 0.15) is 11.3 Å². The van der Waals surface area contributed by atoms with Crippen LogP contribution in [0.3, 0.4) is 0 Å². The number of nitrogens with one attached hydrogen (secondary N) is 1. The van der Waals surface area contributed by atoms with Crippen molar-refractivity contribution in [2.75, 3.05) is 13.7 Å². The maximum Gasteiger partial charge on any atom is 0.287 e. The van der Waals surface area contributed by atoms with Crippen molar-refractivity contribution >= 4 is 16.9 Å². The number of carbonyl (C=O) groups excluding carboxylic acids is 1. The number of hydrogen-bond donors (Lipinski definition) is 1. The molecule has 0 unspecified atom stereocenters. The second-order valence-electron chi connectivity index (χ2n) is 5.23. The Bertz CT molecular complexity index is 616. The number of amides is 1. The number of methoxy groups -OCH3 is 1. The van der Waals surface area contributed by atoms with E-state index in [-0.39, 0.29) is 5.91 Å². The van der Waals surface area contributed by atoms with Gasteiger partial charge in [-0.2, -0.15) is 0 Å². The van der Waals surface area contributed by atoms with Crippen LogP contribution in [0.15, 0.2) is 22.6 Å². The van der Waals surface area contributed by atoms with Crippen LogP contribution in [0, 0.1) is 6.92 Å². The molecule has 0 aliphatic heterocycles. The summed E-state index contributed by atoms with van der Waals surface area (Å²) < 4.78 is 10.9. The molecule has 1 amide bonds. The molecule has 1 aromatic heterocycles. The Balaban J connectivity index is 2.07. The Morgan fingerprint density at radius 1 is 1.29 bits per heavy atom. The van der Waals surface area contributed by atoms with Crippen LogP contribution in [0.4, 0.5) is 0 Å². The van der Waals surface area contributed by atoms with Crippen molar-refractivity contribution in [3.63, 3.8) is 0 Å². The van der Waals surface area contributed by atoms with E-state index >= 15 is 0 Å². The molecule has 2 aromatic rings. The molecule has 21 heavy (non-hydrogen) atoms. The molecule has 0 aliphatic carbocycles. The monoisotopic (exact) mass is 289 g/mol. The van der Waals surface area contributed by atoms with E-state index in [2.05, 4.69) is 12.2 Å². The summed E-state index contributed by atoms with van der Waals surface area (Å²) >= 11 is 0. The first kappa shape index (κ1) is 15.4. The normalized spacial score (nSPS) is 10.8. The van der Waals surface area contributed by atoms with E-state index in [4.69, 9.17) is 9.15 Å². The van der Waals surface area contributed by atoms with Gasteiger partial charge in [0.2, 0.25) is 0 Å². The molecule has 4 nitrogen and oxygen atoms in total. The van der Waals surface area contributed by atoms with E-state index < -0.39 is 0 Å². The van der Waals surface area contributed by atoms with Crippen LogP contribution in [0.5, 0.6) is 5.75 Å². The first-order chi connectivity index (χ1) is 10.2. The molecule has 1 N–H and O–H groups in total. The molecule has 0 saturated heterocycles. The first-order valence-corrected chi connectivity index (χ1v) is 7.52. The first-order valence-electron chi connectivity index (χ1n) is 7.52. The van der Waals surface area contributed by atoms with Crippen molar-refractivity contribution in [2.24, 2.45) is 0 Å². The van der Waals surface area contributed by atoms with Crippen LogP contribution in [0.25, 0.3) is 11.0 Å². The topological polar surface area (TPSA) is 51.5 Å². The number of rotatable bonds is 7. The van der Waals surface area contributed by atoms with Gasteiger partial charge in [0, 0.05) is 17.5 Å². The van der Waals surface area contributed by atoms with Gasteiger partial charge in [0.15, 0.2) is 5.76 Å². The zero-order valence-corrected chi connectivity index (χ0v) is 13.0. The number of benzene rings is 1. The molecule has 0 radical (unpaired) electrons. The quantitative estimate of drug-likeness (QED) is 0.782. The molecule has 4 heteroatoms. The second-order valence-corrected chi connectivity index (χ2v) is 5.23. The highest BCUT2D eigenvalue weighted by atomic mass is 16.5. The highest BCUT2D eigenvalue weighted by molar-refractivity contribution is 5.99. The lowest BCUT2D eigenvalue weighted by Crippen LogP contribution is -2.24. The molecular formula is C17H23NO3. The van der Waals surface area contributed by atoms with Crippen LogP contribution in [-0.2, 0) is 0 Å². The summed E-state index contributed by atoms with van der Waals surface area (Å²) in [5, 5.41) is 3.85. The maximum absolute atomic E-state index is 12.2. The molecule has 0 saturated carbocycles. The van der Waals surface area contributed by atoms with E-state index in [1.54, 1.807) is 7.11 Å². The van der Waals surface area contributed by atoms with E-state index in [0.717, 1.165) is 29.5 Å². The van der Waals surface area contributed by atoms with Crippen molar-refractivity contribution in [3.8, 4) is 5.75 Å². The van der Waals surface area contributed by atoms with Crippen LogP contribution >= 0.6 is 0 Å². The fourth-order valence-electron chi connectivity index (χ4n) is 2.38. The minimum atomic E-state index is -0.140. The summed E-state index contributed by atoms with van der Waals surface area (Å²) in [6.45, 7) is 4.76. The van der Waals surface area contributed by atoms with Gasteiger partial charge in [-0.3, -0.25) is 4.79 Å². The highest BCUT2D eigenvalue weighted by Gasteiger charge is 2.17. The third-order valence-corrected chi connectivity index (χ3v) is 3.67. The van der Waals surface area contributed by atoms with Crippen LogP contribution < -0.4 is 10.1 Å². The summed E-state index contributed by atoms with van der Waals surface area (Å²) in [6, 6.07) is 5.56. The van der Waals surface area contributed by atoms with Crippen molar-refractivity contribution in [3.05, 3.63) is 29.5 Å². The van der Waals surface area contributed by atoms with Crippen molar-refractivity contribution in [1.82, 2.24) is 5.32 Å². The van der Waals surface area contributed by atoms with Gasteiger partial charge < -0.3 is 14.5 Å². The number of fused-ring (bicyclic) bond motifs is 1. The lowest BCUT2D eigenvalue weighted by atomic mass is 10.1. The number of hydrogen-bond acceptors (Lipinski definition) is 3. The Hall–Kier alpha value is -1.97. The molecule has 1 aromatic carbocycles. The van der Waals surface area contributed by atoms with Crippen molar-refractivity contribution in [1.29, 1.82) is 0 Å². The second kappa shape index (κ2) is 7.16. The average molecular weight is 289 g/mol. The van der Waals surface area contributed by atoms with Gasteiger partial charge in [0.05, 0.1) is 7.11 Å². The molecule has 0 fully saturated rings. The minimum absolute atomic E-state index is 0.140. The number of ether oxygens (including phenoxy) is 1. The smallest absolute Gasteiger partial charge is 0.287 e. The molecule has 0 spiro atoms. The van der Waals surface area contributed by atoms with Crippen LogP contribution in [0.1, 0.15) is 48.7 Å². The summed E-state index contributed by atoms with van der Waals surface area (Å²) in [4.78, 5) is 12.2. The zero-order chi connectivity index (χ0) is 15.2. The van der Waals surface area contributed by atoms with Gasteiger partial charge in [-0.05, 0) is 31.5 Å². The summed E-state index contributed by atoms with van der Waals surface area (Å²) in [7, 11) is 1.63. The molecule has 0 bridgehead atoms. The van der Waals surface area contributed by atoms with Crippen LogP contribution in [-0.4, -0.2) is 19.6 Å². The van der Waals surface area contributed by atoms with Gasteiger partial charge in [-0.15, -0.1) is 0 Å². The van der Waals surface area contributed by atoms with Gasteiger partial charge in [-0.1, -0.05) is 26.2 Å². The molecular weight excluding hydrogens is 266 g/mol. The van der Waals surface area contributed by atoms with E-state index in [0.29, 0.717) is 17.9 Å². The van der Waals surface area contributed by atoms with Gasteiger partial charge in [-0.25, -0.2) is 0 Å². The highest BCUT2D eigenvalue weighted by Crippen LogP contribution is 2.28. The van der Waals surface area contributed by atoms with E-state index in [9.17, 15) is 4.79 Å². The summed E-state index contributed by atoms with van der Waals surface area (Å²) in [5.41, 5.74) is 1.57. The lowest BCUT2D eigenvalue weighted by Gasteiger charge is -2.03. The van der Waals surface area contributed by atoms with Crippen molar-refractivity contribution < 1.29 is 13.9 Å². The Labute approximate surface area is 125 Å². The largest absolute Gasteiger partial charge is 0.497 e. The standard InChI is InChI=1S/C17H23NO3/c1-4-5-6-7-10-18-17(19)16-12(2)14-11-13(20-3)8-9-15(14)21-16/h8-9,11H,4-7,10H2,1-3H3,(H,18,19). The zero-order valence-electron chi connectivity index (χ0n) is 13.0. The minimum Gasteiger partial charge on any atom is -0.497 e. The van der Waals surface area contributed by atoms with Gasteiger partial charge in [0.25, 0.3) is 5.91 Å². The van der Waals surface area contributed by atoms with Crippen LogP contribution in [0.2, 0.25) is 0 Å².